The fraction of sp³-hybridized carbons (Fsp3) is 0.333. The van der Waals surface area contributed by atoms with E-state index in [-0.39, 0.29) is 40.5 Å². The van der Waals surface area contributed by atoms with Gasteiger partial charge in [-0.3, -0.25) is 4.57 Å². The molecular weight excluding hydrogens is 511 g/mol. The quantitative estimate of drug-likeness (QED) is 0.208. The molecule has 0 saturated carbocycles. The van der Waals surface area contributed by atoms with Gasteiger partial charge in [-0.15, -0.1) is 0 Å². The van der Waals surface area contributed by atoms with Crippen molar-refractivity contribution in [2.24, 2.45) is 5.92 Å². The summed E-state index contributed by atoms with van der Waals surface area (Å²) in [6.45, 7) is 7.18. The van der Waals surface area contributed by atoms with Crippen molar-refractivity contribution in [3.8, 4) is 28.4 Å². The van der Waals surface area contributed by atoms with Gasteiger partial charge in [0.2, 0.25) is 11.6 Å². The third-order valence-corrected chi connectivity index (χ3v) is 6.88. The zero-order valence-corrected chi connectivity index (χ0v) is 21.8. The Hall–Kier alpha value is -2.87. The van der Waals surface area contributed by atoms with Crippen LogP contribution in [0.2, 0.25) is 0 Å². The van der Waals surface area contributed by atoms with Crippen molar-refractivity contribution < 1.29 is 41.4 Å². The number of halogens is 4. The molecule has 200 valence electrons. The molecule has 0 spiro atoms. The van der Waals surface area contributed by atoms with E-state index in [0.717, 1.165) is 37.5 Å². The first-order valence-electron chi connectivity index (χ1n) is 11.8. The lowest BCUT2D eigenvalue weighted by molar-refractivity contribution is 0.237. The first kappa shape index (κ1) is 28.7. The van der Waals surface area contributed by atoms with Crippen LogP contribution in [-0.2, 0) is 4.57 Å². The maximum atomic E-state index is 15.0. The van der Waals surface area contributed by atoms with E-state index in [1.165, 1.54) is 32.0 Å². The Morgan fingerprint density at radius 3 is 1.89 bits per heavy atom. The summed E-state index contributed by atoms with van der Waals surface area (Å²) in [5, 5.41) is -0.239. The molecule has 0 saturated heterocycles. The van der Waals surface area contributed by atoms with E-state index in [1.807, 2.05) is 6.92 Å². The second-order valence-corrected chi connectivity index (χ2v) is 10.7. The summed E-state index contributed by atoms with van der Waals surface area (Å²) in [6, 6.07) is 6.82. The van der Waals surface area contributed by atoms with E-state index >= 15 is 0 Å². The topological polar surface area (TPSA) is 76.0 Å². The van der Waals surface area contributed by atoms with E-state index in [4.69, 9.17) is 9.47 Å². The van der Waals surface area contributed by atoms with Gasteiger partial charge in [0, 0.05) is 11.1 Å². The van der Waals surface area contributed by atoms with Gasteiger partial charge in [-0.1, -0.05) is 26.7 Å². The van der Waals surface area contributed by atoms with Crippen molar-refractivity contribution in [3.05, 3.63) is 70.8 Å². The van der Waals surface area contributed by atoms with E-state index in [9.17, 15) is 31.9 Å². The molecule has 0 bridgehead atoms. The second-order valence-electron chi connectivity index (χ2n) is 9.09. The van der Waals surface area contributed by atoms with Crippen LogP contribution in [-0.4, -0.2) is 16.4 Å². The minimum absolute atomic E-state index is 0.0788. The number of hydrogen-bond acceptors (Lipinski definition) is 3. The van der Waals surface area contributed by atoms with Gasteiger partial charge in [0.1, 0.15) is 5.75 Å². The molecule has 0 aliphatic rings. The van der Waals surface area contributed by atoms with Crippen LogP contribution >= 0.6 is 7.60 Å². The summed E-state index contributed by atoms with van der Waals surface area (Å²) in [5.41, 5.74) is -0.413. The molecule has 0 aliphatic carbocycles. The predicted octanol–water partition coefficient (Wildman–Crippen LogP) is 7.33. The first-order chi connectivity index (χ1) is 17.3. The van der Waals surface area contributed by atoms with Crippen LogP contribution in [0.1, 0.15) is 44.2 Å². The molecule has 0 aliphatic heterocycles. The number of aryl methyl sites for hydroxylation is 2. The highest BCUT2D eigenvalue weighted by Crippen LogP contribution is 2.39. The molecule has 0 fully saturated rings. The maximum Gasteiger partial charge on any atom is 0.356 e. The molecule has 0 heterocycles. The Kier molecular flexibility index (Phi) is 9.05. The average Bonchev–Trinajstić information content (AvgIpc) is 2.83. The molecule has 37 heavy (non-hydrogen) atoms. The number of hydrogen-bond donors (Lipinski definition) is 2. The summed E-state index contributed by atoms with van der Waals surface area (Å²) in [6.07, 6.45) is 2.88. The third kappa shape index (κ3) is 6.53. The molecule has 0 unspecified atom stereocenters. The number of benzene rings is 3. The molecule has 0 aromatic heterocycles. The van der Waals surface area contributed by atoms with Gasteiger partial charge in [-0.2, -0.15) is 8.78 Å². The second kappa shape index (κ2) is 11.7. The maximum absolute atomic E-state index is 15.0. The average molecular weight is 540 g/mol. The number of rotatable bonds is 10. The Labute approximate surface area is 213 Å². The van der Waals surface area contributed by atoms with Crippen LogP contribution in [0.25, 0.3) is 11.1 Å². The Morgan fingerprint density at radius 2 is 1.38 bits per heavy atom. The highest BCUT2D eigenvalue weighted by atomic mass is 31.2. The van der Waals surface area contributed by atoms with Gasteiger partial charge in [0.15, 0.2) is 23.1 Å². The van der Waals surface area contributed by atoms with Crippen molar-refractivity contribution in [2.45, 2.75) is 47.0 Å². The fourth-order valence-electron chi connectivity index (χ4n) is 3.90. The minimum Gasteiger partial charge on any atom is -0.490 e. The Balaban J connectivity index is 1.88. The van der Waals surface area contributed by atoms with Crippen molar-refractivity contribution in [2.75, 3.05) is 6.61 Å². The standard InChI is InChI=1S/C27H29F4O5P/c1-5-6-7-15(2)14-35-21-10-8-19(23(28)25(21)30)20-9-11-22(26(31)24(20)29)36-27-16(3)12-18(13-17(27)4)37(32,33)34/h8-13,15H,5-7,14H2,1-4H3,(H2,32,33,34)/t15-/m1/s1. The SMILES string of the molecule is CCCC[C@@H](C)COc1ccc(-c2ccc(Oc3c(C)cc(P(=O)(O)O)cc3C)c(F)c2F)c(F)c1F. The molecule has 1 atom stereocenters. The molecule has 5 nitrogen and oxygen atoms in total. The van der Waals surface area contributed by atoms with Gasteiger partial charge >= 0.3 is 7.60 Å². The number of unbranched alkanes of at least 4 members (excludes halogenated alkanes) is 1. The zero-order valence-electron chi connectivity index (χ0n) is 20.9. The lowest BCUT2D eigenvalue weighted by Gasteiger charge is -2.16. The van der Waals surface area contributed by atoms with Gasteiger partial charge in [-0.25, -0.2) is 8.78 Å². The van der Waals surface area contributed by atoms with Crippen LogP contribution in [0.15, 0.2) is 36.4 Å². The molecule has 10 heteroatoms. The Morgan fingerprint density at radius 1 is 0.865 bits per heavy atom. The van der Waals surface area contributed by atoms with Gasteiger partial charge in [-0.05, 0) is 73.7 Å². The predicted molar refractivity (Wildman–Crippen MR) is 134 cm³/mol. The van der Waals surface area contributed by atoms with Crippen LogP contribution in [0.4, 0.5) is 17.6 Å². The minimum atomic E-state index is -4.52. The van der Waals surface area contributed by atoms with E-state index in [0.29, 0.717) is 0 Å². The van der Waals surface area contributed by atoms with Gasteiger partial charge in [0.05, 0.1) is 11.9 Å². The molecule has 0 radical (unpaired) electrons. The lowest BCUT2D eigenvalue weighted by atomic mass is 10.0. The van der Waals surface area contributed by atoms with Gasteiger partial charge < -0.3 is 19.3 Å². The molecule has 2 N–H and O–H groups in total. The van der Waals surface area contributed by atoms with Gasteiger partial charge in [0.25, 0.3) is 0 Å². The number of ether oxygens (including phenoxy) is 2. The smallest absolute Gasteiger partial charge is 0.356 e. The van der Waals surface area contributed by atoms with Crippen LogP contribution in [0, 0.1) is 43.0 Å². The largest absolute Gasteiger partial charge is 0.490 e. The van der Waals surface area contributed by atoms with Crippen LogP contribution in [0.5, 0.6) is 17.2 Å². The molecule has 0 amide bonds. The third-order valence-electron chi connectivity index (χ3n) is 5.95. The monoisotopic (exact) mass is 540 g/mol. The normalized spacial score (nSPS) is 12.5. The summed E-state index contributed by atoms with van der Waals surface area (Å²) in [5.74, 6) is -6.16. The van der Waals surface area contributed by atoms with Crippen molar-refractivity contribution in [1.29, 1.82) is 0 Å². The first-order valence-corrected chi connectivity index (χ1v) is 13.4. The van der Waals surface area contributed by atoms with Crippen molar-refractivity contribution in [3.63, 3.8) is 0 Å². The highest BCUT2D eigenvalue weighted by molar-refractivity contribution is 7.60. The highest BCUT2D eigenvalue weighted by Gasteiger charge is 2.24. The lowest BCUT2D eigenvalue weighted by Crippen LogP contribution is -2.10. The summed E-state index contributed by atoms with van der Waals surface area (Å²) >= 11 is 0. The van der Waals surface area contributed by atoms with Crippen molar-refractivity contribution in [1.82, 2.24) is 0 Å². The van der Waals surface area contributed by atoms with E-state index in [2.05, 4.69) is 6.92 Å². The molecular formula is C27H29F4O5P. The van der Waals surface area contributed by atoms with E-state index in [1.54, 1.807) is 0 Å². The molecule has 3 rings (SSSR count). The molecule has 3 aromatic carbocycles. The van der Waals surface area contributed by atoms with Crippen molar-refractivity contribution >= 4 is 12.9 Å². The van der Waals surface area contributed by atoms with Crippen LogP contribution < -0.4 is 14.8 Å². The van der Waals surface area contributed by atoms with E-state index < -0.39 is 47.7 Å². The Bertz CT molecular complexity index is 1320. The summed E-state index contributed by atoms with van der Waals surface area (Å²) < 4.78 is 81.8. The fourth-order valence-corrected chi connectivity index (χ4v) is 4.63. The summed E-state index contributed by atoms with van der Waals surface area (Å²) in [7, 11) is -4.52. The van der Waals surface area contributed by atoms with Crippen LogP contribution in [0.3, 0.4) is 0 Å². The zero-order chi connectivity index (χ0) is 27.5. The molecule has 3 aromatic rings. The summed E-state index contributed by atoms with van der Waals surface area (Å²) in [4.78, 5) is 18.8.